The third-order valence-corrected chi connectivity index (χ3v) is 4.80. The van der Waals surface area contributed by atoms with Gasteiger partial charge in [0.1, 0.15) is 11.4 Å². The smallest absolute Gasteiger partial charge is 0.304 e. The minimum atomic E-state index is -0.582. The lowest BCUT2D eigenvalue weighted by Gasteiger charge is -2.29. The molecule has 0 radical (unpaired) electrons. The van der Waals surface area contributed by atoms with Crippen LogP contribution in [0.4, 0.5) is 17.5 Å². The second-order valence-corrected chi connectivity index (χ2v) is 7.28. The average molecular weight is 510 g/mol. The highest BCUT2D eigenvalue weighted by Gasteiger charge is 2.36. The number of hydrogen-bond acceptors (Lipinski definition) is 8. The molecule has 2 aromatic rings. The zero-order chi connectivity index (χ0) is 22.5. The molecule has 1 aliphatic rings. The normalized spacial score (nSPS) is 13.1. The Morgan fingerprint density at radius 2 is 1.94 bits per heavy atom. The van der Waals surface area contributed by atoms with Crippen molar-refractivity contribution in [3.63, 3.8) is 0 Å². The Kier molecular flexibility index (Phi) is 8.64. The van der Waals surface area contributed by atoms with Gasteiger partial charge >= 0.3 is 5.97 Å². The van der Waals surface area contributed by atoms with Gasteiger partial charge in [0.15, 0.2) is 12.0 Å². The SMILES string of the molecule is Br.CCCC(OC(C)=O)N1CN(Cc2ccc(OC)cc2)c2c1nc(NC(C)=O)[nH]c2=O. The fourth-order valence-electron chi connectivity index (χ4n) is 3.51. The molecule has 10 nitrogen and oxygen atoms in total. The molecule has 0 saturated heterocycles. The Hall–Kier alpha value is -3.08. The summed E-state index contributed by atoms with van der Waals surface area (Å²) in [7, 11) is 1.60. The Labute approximate surface area is 196 Å². The van der Waals surface area contributed by atoms with Crippen LogP contribution >= 0.6 is 17.0 Å². The summed E-state index contributed by atoms with van der Waals surface area (Å²) in [5.74, 6) is 0.379. The number of aromatic nitrogens is 2. The molecule has 174 valence electrons. The first-order valence-electron chi connectivity index (χ1n) is 10.1. The molecule has 2 heterocycles. The van der Waals surface area contributed by atoms with Crippen molar-refractivity contribution in [3.8, 4) is 5.75 Å². The minimum absolute atomic E-state index is 0. The van der Waals surface area contributed by atoms with Crippen LogP contribution in [-0.4, -0.2) is 41.9 Å². The van der Waals surface area contributed by atoms with Gasteiger partial charge < -0.3 is 19.3 Å². The van der Waals surface area contributed by atoms with Crippen molar-refractivity contribution in [1.82, 2.24) is 9.97 Å². The number of anilines is 3. The summed E-state index contributed by atoms with van der Waals surface area (Å²) in [5.41, 5.74) is 0.944. The van der Waals surface area contributed by atoms with E-state index < -0.39 is 12.2 Å². The van der Waals surface area contributed by atoms with Crippen LogP contribution in [0.3, 0.4) is 0 Å². The molecular weight excluding hydrogens is 482 g/mol. The number of amides is 1. The molecular formula is C21H28BrN5O5. The van der Waals surface area contributed by atoms with Gasteiger partial charge in [-0.15, -0.1) is 17.0 Å². The zero-order valence-electron chi connectivity index (χ0n) is 18.5. The van der Waals surface area contributed by atoms with Crippen LogP contribution in [0, 0.1) is 0 Å². The molecule has 2 N–H and O–H groups in total. The highest BCUT2D eigenvalue weighted by molar-refractivity contribution is 8.93. The van der Waals surface area contributed by atoms with Crippen molar-refractivity contribution in [2.24, 2.45) is 0 Å². The molecule has 0 aliphatic carbocycles. The number of carbonyl (C=O) groups is 2. The first-order valence-corrected chi connectivity index (χ1v) is 10.1. The van der Waals surface area contributed by atoms with Crippen LogP contribution in [0.5, 0.6) is 5.75 Å². The van der Waals surface area contributed by atoms with Gasteiger partial charge in [0, 0.05) is 26.8 Å². The first kappa shape index (κ1) is 25.2. The summed E-state index contributed by atoms with van der Waals surface area (Å²) in [6.45, 7) is 5.41. The summed E-state index contributed by atoms with van der Waals surface area (Å²) in [6.07, 6.45) is 0.755. The number of ether oxygens (including phenoxy) is 2. The summed E-state index contributed by atoms with van der Waals surface area (Å²) in [6, 6.07) is 7.55. The zero-order valence-corrected chi connectivity index (χ0v) is 20.2. The van der Waals surface area contributed by atoms with Gasteiger partial charge in [0.05, 0.1) is 13.8 Å². The summed E-state index contributed by atoms with van der Waals surface area (Å²) >= 11 is 0. The maximum Gasteiger partial charge on any atom is 0.304 e. The highest BCUT2D eigenvalue weighted by atomic mass is 79.9. The number of aromatic amines is 1. The Bertz CT molecular complexity index is 1010. The van der Waals surface area contributed by atoms with Crippen molar-refractivity contribution in [2.45, 2.75) is 46.4 Å². The number of carbonyl (C=O) groups excluding carboxylic acids is 2. The maximum atomic E-state index is 12.9. The first-order chi connectivity index (χ1) is 14.8. The summed E-state index contributed by atoms with van der Waals surface area (Å²) < 4.78 is 10.7. The molecule has 1 aromatic carbocycles. The van der Waals surface area contributed by atoms with Crippen LogP contribution in [-0.2, 0) is 20.9 Å². The van der Waals surface area contributed by atoms with E-state index in [0.717, 1.165) is 17.7 Å². The van der Waals surface area contributed by atoms with Gasteiger partial charge in [-0.2, -0.15) is 4.98 Å². The van der Waals surface area contributed by atoms with Gasteiger partial charge in [-0.25, -0.2) is 0 Å². The number of benzene rings is 1. The number of H-pyrrole nitrogens is 1. The van der Waals surface area contributed by atoms with Crippen LogP contribution in [0.1, 0.15) is 39.2 Å². The van der Waals surface area contributed by atoms with Crippen LogP contribution in [0.2, 0.25) is 0 Å². The lowest BCUT2D eigenvalue weighted by molar-refractivity contribution is -0.146. The van der Waals surface area contributed by atoms with Crippen molar-refractivity contribution in [3.05, 3.63) is 40.2 Å². The molecule has 0 fully saturated rings. The van der Waals surface area contributed by atoms with Crippen LogP contribution in [0.15, 0.2) is 29.1 Å². The van der Waals surface area contributed by atoms with E-state index in [2.05, 4.69) is 15.3 Å². The number of halogens is 1. The monoisotopic (exact) mass is 509 g/mol. The number of fused-ring (bicyclic) bond motifs is 1. The van der Waals surface area contributed by atoms with E-state index in [1.54, 1.807) is 12.0 Å². The van der Waals surface area contributed by atoms with Gasteiger partial charge in [-0.05, 0) is 17.7 Å². The second kappa shape index (κ2) is 11.0. The molecule has 1 unspecified atom stereocenters. The van der Waals surface area contributed by atoms with Crippen molar-refractivity contribution in [2.75, 3.05) is 28.9 Å². The van der Waals surface area contributed by atoms with Crippen molar-refractivity contribution in [1.29, 1.82) is 0 Å². The number of esters is 1. The van der Waals surface area contributed by atoms with E-state index in [9.17, 15) is 14.4 Å². The van der Waals surface area contributed by atoms with Gasteiger partial charge in [0.25, 0.3) is 5.56 Å². The van der Waals surface area contributed by atoms with E-state index in [-0.39, 0.29) is 34.4 Å². The molecule has 1 aromatic heterocycles. The number of nitrogens with one attached hydrogen (secondary N) is 2. The van der Waals surface area contributed by atoms with E-state index in [0.29, 0.717) is 31.1 Å². The third kappa shape index (κ3) is 5.78. The maximum absolute atomic E-state index is 12.9. The summed E-state index contributed by atoms with van der Waals surface area (Å²) in [5, 5.41) is 2.51. The summed E-state index contributed by atoms with van der Waals surface area (Å²) in [4.78, 5) is 46.8. The van der Waals surface area contributed by atoms with Crippen LogP contribution < -0.4 is 25.4 Å². The van der Waals surface area contributed by atoms with E-state index in [1.165, 1.54) is 13.8 Å². The molecule has 1 amide bonds. The predicted octanol–water partition coefficient (Wildman–Crippen LogP) is 2.79. The highest BCUT2D eigenvalue weighted by Crippen LogP contribution is 2.35. The van der Waals surface area contributed by atoms with E-state index >= 15 is 0 Å². The van der Waals surface area contributed by atoms with Gasteiger partial charge in [-0.3, -0.25) is 24.7 Å². The predicted molar refractivity (Wildman–Crippen MR) is 126 cm³/mol. The van der Waals surface area contributed by atoms with E-state index in [1.807, 2.05) is 36.1 Å². The van der Waals surface area contributed by atoms with Crippen molar-refractivity contribution >= 4 is 46.3 Å². The molecule has 3 rings (SSSR count). The standard InChI is InChI=1S/C21H27N5O5.BrH/c1-5-6-17(31-14(3)28)26-12-25(11-15-7-9-16(30-4)10-8-15)18-19(26)23-21(22-13(2)27)24-20(18)29;/h7-10,17H,5-6,11-12H2,1-4H3,(H2,22,23,24,27,29);1H. The fraction of sp³-hybridized carbons (Fsp3) is 0.429. The molecule has 32 heavy (non-hydrogen) atoms. The number of methoxy groups -OCH3 is 1. The molecule has 11 heteroatoms. The van der Waals surface area contributed by atoms with Crippen LogP contribution in [0.25, 0.3) is 0 Å². The lowest BCUT2D eigenvalue weighted by atomic mass is 10.2. The minimum Gasteiger partial charge on any atom is -0.497 e. The van der Waals surface area contributed by atoms with Gasteiger partial charge in [0.2, 0.25) is 11.9 Å². The average Bonchev–Trinajstić information content (AvgIpc) is 3.06. The second-order valence-electron chi connectivity index (χ2n) is 7.28. The lowest BCUT2D eigenvalue weighted by Crippen LogP contribution is -2.41. The van der Waals surface area contributed by atoms with Crippen molar-refractivity contribution < 1.29 is 19.1 Å². The molecule has 0 bridgehead atoms. The molecule has 1 atom stereocenters. The third-order valence-electron chi connectivity index (χ3n) is 4.80. The molecule has 0 saturated carbocycles. The number of hydrogen-bond donors (Lipinski definition) is 2. The van der Waals surface area contributed by atoms with Gasteiger partial charge in [-0.1, -0.05) is 25.5 Å². The fourth-order valence-corrected chi connectivity index (χ4v) is 3.51. The topological polar surface area (TPSA) is 117 Å². The Balaban J connectivity index is 0.00000363. The quantitative estimate of drug-likeness (QED) is 0.521. The molecule has 1 aliphatic heterocycles. The Morgan fingerprint density at radius 3 is 2.50 bits per heavy atom. The van der Waals surface area contributed by atoms with E-state index in [4.69, 9.17) is 9.47 Å². The molecule has 0 spiro atoms. The largest absolute Gasteiger partial charge is 0.497 e. The number of rotatable bonds is 8. The Morgan fingerprint density at radius 1 is 1.25 bits per heavy atom. The number of nitrogens with zero attached hydrogens (tertiary/aromatic N) is 3.